The average molecular weight is 641 g/mol. The van der Waals surface area contributed by atoms with E-state index in [0.717, 1.165) is 10.5 Å². The minimum atomic E-state index is -1.47. The number of methoxy groups -OCH3 is 1. The summed E-state index contributed by atoms with van der Waals surface area (Å²) in [5.41, 5.74) is 0.252. The Morgan fingerprint density at radius 3 is 2.00 bits per heavy atom. The molecule has 41 heavy (non-hydrogen) atoms. The molecular formula is C28H21Cl4NO8. The van der Waals surface area contributed by atoms with Gasteiger partial charge < -0.3 is 28.8 Å². The van der Waals surface area contributed by atoms with Gasteiger partial charge in [-0.1, -0.05) is 76.7 Å². The van der Waals surface area contributed by atoms with Gasteiger partial charge in [-0.15, -0.1) is 0 Å². The smallest absolute Gasteiger partial charge is 0.263 e. The second-order valence-corrected chi connectivity index (χ2v) is 11.0. The zero-order valence-corrected chi connectivity index (χ0v) is 24.2. The summed E-state index contributed by atoms with van der Waals surface area (Å²) < 4.78 is 29.5. The van der Waals surface area contributed by atoms with Gasteiger partial charge in [-0.3, -0.25) is 14.5 Å². The first-order chi connectivity index (χ1) is 19.7. The summed E-state index contributed by atoms with van der Waals surface area (Å²) in [5.74, 6) is -0.795. The zero-order valence-electron chi connectivity index (χ0n) is 21.1. The summed E-state index contributed by atoms with van der Waals surface area (Å²) >= 11 is 25.1. The molecule has 6 atom stereocenters. The number of hydrogen-bond acceptors (Lipinski definition) is 8. The molecule has 3 aliphatic rings. The molecule has 1 N–H and O–H groups in total. The van der Waals surface area contributed by atoms with Crippen molar-refractivity contribution in [2.75, 3.05) is 13.7 Å². The highest BCUT2D eigenvalue weighted by molar-refractivity contribution is 6.55. The number of amides is 2. The third-order valence-corrected chi connectivity index (χ3v) is 8.95. The van der Waals surface area contributed by atoms with E-state index in [2.05, 4.69) is 0 Å². The lowest BCUT2D eigenvalue weighted by molar-refractivity contribution is -0.338. The van der Waals surface area contributed by atoms with Crippen LogP contribution in [0, 0.1) is 0 Å². The van der Waals surface area contributed by atoms with Crippen molar-refractivity contribution in [2.45, 2.75) is 36.9 Å². The van der Waals surface area contributed by atoms with Crippen molar-refractivity contribution in [3.8, 4) is 11.5 Å². The minimum absolute atomic E-state index is 0.0431. The van der Waals surface area contributed by atoms with Crippen molar-refractivity contribution >= 4 is 58.2 Å². The van der Waals surface area contributed by atoms with E-state index in [9.17, 15) is 14.7 Å². The first-order valence-corrected chi connectivity index (χ1v) is 13.9. The molecule has 6 rings (SSSR count). The van der Waals surface area contributed by atoms with Crippen molar-refractivity contribution in [1.29, 1.82) is 0 Å². The Morgan fingerprint density at radius 1 is 0.829 bits per heavy atom. The van der Waals surface area contributed by atoms with E-state index in [1.54, 1.807) is 24.3 Å². The molecule has 3 aliphatic heterocycles. The van der Waals surface area contributed by atoms with E-state index in [-0.39, 0.29) is 37.8 Å². The Hall–Kier alpha value is -2.60. The van der Waals surface area contributed by atoms with Crippen molar-refractivity contribution < 1.29 is 38.4 Å². The molecule has 0 saturated carbocycles. The van der Waals surface area contributed by atoms with Gasteiger partial charge >= 0.3 is 0 Å². The molecule has 2 amide bonds. The maximum Gasteiger partial charge on any atom is 0.263 e. The molecule has 0 radical (unpaired) electrons. The Kier molecular flexibility index (Phi) is 7.82. The van der Waals surface area contributed by atoms with Gasteiger partial charge in [-0.2, -0.15) is 0 Å². The molecule has 9 nitrogen and oxygen atoms in total. The molecule has 3 heterocycles. The van der Waals surface area contributed by atoms with Crippen LogP contribution >= 0.6 is 46.4 Å². The van der Waals surface area contributed by atoms with Crippen molar-refractivity contribution in [1.82, 2.24) is 4.90 Å². The summed E-state index contributed by atoms with van der Waals surface area (Å²) in [6.45, 7) is 0.0431. The number of hydrogen-bond donors (Lipinski definition) is 1. The normalized spacial score (nSPS) is 27.4. The number of nitrogens with zero attached hydrogens (tertiary/aromatic N) is 1. The van der Waals surface area contributed by atoms with Crippen LogP contribution in [0.2, 0.25) is 20.1 Å². The van der Waals surface area contributed by atoms with Crippen LogP contribution in [0.15, 0.2) is 54.6 Å². The van der Waals surface area contributed by atoms with Gasteiger partial charge in [-0.05, 0) is 24.3 Å². The van der Waals surface area contributed by atoms with Crippen LogP contribution in [0.5, 0.6) is 11.5 Å². The first-order valence-electron chi connectivity index (χ1n) is 12.4. The minimum Gasteiger partial charge on any atom is -0.497 e. The molecule has 0 aromatic heterocycles. The van der Waals surface area contributed by atoms with Crippen LogP contribution in [0.25, 0.3) is 0 Å². The predicted octanol–water partition coefficient (Wildman–Crippen LogP) is 5.55. The highest BCUT2D eigenvalue weighted by atomic mass is 35.5. The SMILES string of the molecule is COc1ccc(O[C@@H]2O[C@@H]3COC(c4ccccc4)O[C@@H]3[C@H](O)[C@H]2N2C(=O)c3c(Cl)c(Cl)c(Cl)c(Cl)c3C2=O)cc1. The van der Waals surface area contributed by atoms with Gasteiger partial charge in [0.2, 0.25) is 6.29 Å². The van der Waals surface area contributed by atoms with E-state index in [4.69, 9.17) is 70.1 Å². The van der Waals surface area contributed by atoms with Gasteiger partial charge in [0, 0.05) is 5.56 Å². The first kappa shape index (κ1) is 28.5. The molecule has 1 unspecified atom stereocenters. The number of carbonyl (C=O) groups excluding carboxylic acids is 2. The van der Waals surface area contributed by atoms with Gasteiger partial charge in [-0.25, -0.2) is 0 Å². The largest absolute Gasteiger partial charge is 0.497 e. The summed E-state index contributed by atoms with van der Waals surface area (Å²) in [6, 6.07) is 14.3. The molecule has 3 aromatic carbocycles. The van der Waals surface area contributed by atoms with Crippen molar-refractivity contribution in [3.63, 3.8) is 0 Å². The van der Waals surface area contributed by atoms with E-state index in [0.29, 0.717) is 11.5 Å². The summed E-state index contributed by atoms with van der Waals surface area (Å²) in [6.07, 6.45) is -5.43. The number of imide groups is 1. The fraction of sp³-hybridized carbons (Fsp3) is 0.286. The Morgan fingerprint density at radius 2 is 1.41 bits per heavy atom. The van der Waals surface area contributed by atoms with E-state index >= 15 is 0 Å². The number of rotatable bonds is 5. The van der Waals surface area contributed by atoms with Gasteiger partial charge in [0.15, 0.2) is 6.29 Å². The van der Waals surface area contributed by atoms with Crippen LogP contribution < -0.4 is 9.47 Å². The molecule has 214 valence electrons. The zero-order chi connectivity index (χ0) is 29.0. The van der Waals surface area contributed by atoms with Gasteiger partial charge in [0.1, 0.15) is 35.9 Å². The van der Waals surface area contributed by atoms with Crippen LogP contribution in [0.1, 0.15) is 32.6 Å². The lowest BCUT2D eigenvalue weighted by Gasteiger charge is -2.49. The highest BCUT2D eigenvalue weighted by Gasteiger charge is 2.57. The third-order valence-electron chi connectivity index (χ3n) is 7.15. The fourth-order valence-electron chi connectivity index (χ4n) is 5.15. The number of carbonyl (C=O) groups is 2. The Bertz CT molecular complexity index is 1460. The number of fused-ring (bicyclic) bond motifs is 2. The number of ether oxygens (including phenoxy) is 5. The van der Waals surface area contributed by atoms with Crippen LogP contribution in [-0.2, 0) is 14.2 Å². The molecule has 3 aromatic rings. The summed E-state index contributed by atoms with van der Waals surface area (Å²) in [4.78, 5) is 28.3. The fourth-order valence-corrected chi connectivity index (χ4v) is 6.17. The number of aliphatic hydroxyl groups excluding tert-OH is 1. The summed E-state index contributed by atoms with van der Waals surface area (Å²) in [5, 5.41) is 10.9. The Labute approximate surface area is 254 Å². The monoisotopic (exact) mass is 639 g/mol. The molecular weight excluding hydrogens is 620 g/mol. The lowest BCUT2D eigenvalue weighted by Crippen LogP contribution is -2.68. The topological polar surface area (TPSA) is 104 Å². The number of aliphatic hydroxyl groups is 1. The van der Waals surface area contributed by atoms with Crippen LogP contribution in [0.4, 0.5) is 0 Å². The van der Waals surface area contributed by atoms with Crippen LogP contribution in [0.3, 0.4) is 0 Å². The molecule has 2 saturated heterocycles. The van der Waals surface area contributed by atoms with Crippen molar-refractivity contribution in [2.24, 2.45) is 0 Å². The van der Waals surface area contributed by atoms with Gasteiger partial charge in [0.05, 0.1) is 44.9 Å². The van der Waals surface area contributed by atoms with Gasteiger partial charge in [0.25, 0.3) is 11.8 Å². The van der Waals surface area contributed by atoms with Crippen molar-refractivity contribution in [3.05, 3.63) is 91.4 Å². The van der Waals surface area contributed by atoms with E-state index < -0.39 is 48.7 Å². The average Bonchev–Trinajstić information content (AvgIpc) is 3.25. The molecule has 0 spiro atoms. The third kappa shape index (κ3) is 4.84. The standard InChI is InChI=1S/C28H21Cl4NO8/c1-37-13-7-9-14(10-8-13)39-28-22(33-25(35)16-17(26(33)36)19(30)21(32)20(31)18(16)29)23(34)24-15(40-28)11-38-27(41-24)12-5-3-2-4-6-12/h2-10,15,22-24,27-28,34H,11H2,1H3/t15-,22-,23-,24+,27?,28-/m1/s1. The summed E-state index contributed by atoms with van der Waals surface area (Å²) in [7, 11) is 1.52. The molecule has 0 bridgehead atoms. The lowest BCUT2D eigenvalue weighted by atomic mass is 9.94. The quantitative estimate of drug-likeness (QED) is 0.220. The maximum atomic E-state index is 13.8. The predicted molar refractivity (Wildman–Crippen MR) is 149 cm³/mol. The maximum absolute atomic E-state index is 13.8. The Balaban J connectivity index is 1.38. The highest BCUT2D eigenvalue weighted by Crippen LogP contribution is 2.47. The number of benzene rings is 3. The second-order valence-electron chi connectivity index (χ2n) is 9.48. The molecule has 13 heteroatoms. The van der Waals surface area contributed by atoms with E-state index in [1.807, 2.05) is 30.3 Å². The second kappa shape index (κ2) is 11.2. The van der Waals surface area contributed by atoms with E-state index in [1.165, 1.54) is 7.11 Å². The van der Waals surface area contributed by atoms with Crippen LogP contribution in [-0.4, -0.2) is 66.2 Å². The molecule has 2 fully saturated rings. The molecule has 0 aliphatic carbocycles. The number of halogens is 4.